The van der Waals surface area contributed by atoms with Gasteiger partial charge in [-0.25, -0.2) is 0 Å². The zero-order chi connectivity index (χ0) is 13.2. The zero-order valence-electron chi connectivity index (χ0n) is 10.6. The van der Waals surface area contributed by atoms with Crippen LogP contribution < -0.4 is 4.74 Å². The molecule has 0 saturated carbocycles. The number of H-pyrrole nitrogens is 1. The molecule has 0 aliphatic heterocycles. The quantitative estimate of drug-likeness (QED) is 0.749. The molecule has 1 heterocycles. The monoisotopic (exact) mass is 271 g/mol. The second-order valence-electron chi connectivity index (χ2n) is 4.52. The smallest absolute Gasteiger partial charge is 0.128 e. The number of nitrogens with one attached hydrogen (secondary N) is 1. The van der Waals surface area contributed by atoms with Crippen LogP contribution in [-0.2, 0) is 6.42 Å². The summed E-state index contributed by atoms with van der Waals surface area (Å²) in [5.41, 5.74) is 3.50. The first kappa shape index (κ1) is 12.1. The Labute approximate surface area is 117 Å². The number of halogens is 1. The highest BCUT2D eigenvalue weighted by atomic mass is 35.5. The van der Waals surface area contributed by atoms with Crippen LogP contribution >= 0.6 is 11.6 Å². The van der Waals surface area contributed by atoms with Crippen molar-refractivity contribution >= 4 is 22.5 Å². The molecular weight excluding hydrogens is 258 g/mol. The summed E-state index contributed by atoms with van der Waals surface area (Å²) >= 11 is 5.89. The van der Waals surface area contributed by atoms with E-state index in [0.717, 1.165) is 28.1 Å². The van der Waals surface area contributed by atoms with E-state index >= 15 is 0 Å². The van der Waals surface area contributed by atoms with Gasteiger partial charge in [-0.2, -0.15) is 0 Å². The topological polar surface area (TPSA) is 25.0 Å². The van der Waals surface area contributed by atoms with Crippen molar-refractivity contribution in [2.75, 3.05) is 7.11 Å². The van der Waals surface area contributed by atoms with Crippen LogP contribution in [0.15, 0.2) is 48.5 Å². The van der Waals surface area contributed by atoms with Crippen molar-refractivity contribution in [1.82, 2.24) is 4.98 Å². The largest absolute Gasteiger partial charge is 0.496 e. The van der Waals surface area contributed by atoms with Crippen molar-refractivity contribution in [3.63, 3.8) is 0 Å². The molecule has 1 aromatic heterocycles. The minimum Gasteiger partial charge on any atom is -0.496 e. The molecule has 2 nitrogen and oxygen atoms in total. The molecule has 0 bridgehead atoms. The Hall–Kier alpha value is -1.93. The van der Waals surface area contributed by atoms with Gasteiger partial charge in [0.05, 0.1) is 7.11 Å². The third-order valence-corrected chi connectivity index (χ3v) is 3.46. The molecular formula is C16H14ClNO. The third-order valence-electron chi connectivity index (χ3n) is 3.21. The van der Waals surface area contributed by atoms with Gasteiger partial charge in [-0.15, -0.1) is 0 Å². The van der Waals surface area contributed by atoms with Crippen molar-refractivity contribution < 1.29 is 4.74 Å². The zero-order valence-corrected chi connectivity index (χ0v) is 11.4. The summed E-state index contributed by atoms with van der Waals surface area (Å²) in [6, 6.07) is 16.1. The first-order valence-electron chi connectivity index (χ1n) is 6.15. The van der Waals surface area contributed by atoms with Crippen molar-refractivity contribution in [2.24, 2.45) is 0 Å². The molecule has 0 aliphatic carbocycles. The average molecular weight is 272 g/mol. The third kappa shape index (κ3) is 2.45. The maximum absolute atomic E-state index is 5.89. The fourth-order valence-electron chi connectivity index (χ4n) is 2.28. The standard InChI is InChI=1S/C16H14ClNO/c1-19-16-4-2-3-15-14(16)10-13(18-15)9-11-5-7-12(17)8-6-11/h2-8,10,18H,9H2,1H3. The summed E-state index contributed by atoms with van der Waals surface area (Å²) < 4.78 is 5.37. The number of hydrogen-bond acceptors (Lipinski definition) is 1. The second-order valence-corrected chi connectivity index (χ2v) is 4.96. The Kier molecular flexibility index (Phi) is 3.18. The maximum Gasteiger partial charge on any atom is 0.128 e. The minimum atomic E-state index is 0.766. The first-order chi connectivity index (χ1) is 9.26. The molecule has 0 radical (unpaired) electrons. The summed E-state index contributed by atoms with van der Waals surface area (Å²) in [6.07, 6.45) is 0.856. The van der Waals surface area contributed by atoms with E-state index in [4.69, 9.17) is 16.3 Å². The Morgan fingerprint density at radius 2 is 1.89 bits per heavy atom. The van der Waals surface area contributed by atoms with E-state index in [1.807, 2.05) is 36.4 Å². The predicted molar refractivity (Wildman–Crippen MR) is 79.1 cm³/mol. The van der Waals surface area contributed by atoms with Crippen molar-refractivity contribution in [3.05, 3.63) is 64.8 Å². The number of rotatable bonds is 3. The van der Waals surface area contributed by atoms with Crippen LogP contribution in [0.25, 0.3) is 10.9 Å². The lowest BCUT2D eigenvalue weighted by atomic mass is 10.1. The highest BCUT2D eigenvalue weighted by molar-refractivity contribution is 6.30. The predicted octanol–water partition coefficient (Wildman–Crippen LogP) is 4.42. The lowest BCUT2D eigenvalue weighted by molar-refractivity contribution is 0.420. The van der Waals surface area contributed by atoms with Gasteiger partial charge in [0.1, 0.15) is 5.75 Å². The molecule has 0 spiro atoms. The van der Waals surface area contributed by atoms with E-state index in [-0.39, 0.29) is 0 Å². The molecule has 19 heavy (non-hydrogen) atoms. The number of aromatic amines is 1. The van der Waals surface area contributed by atoms with Gasteiger partial charge in [0.2, 0.25) is 0 Å². The maximum atomic E-state index is 5.89. The summed E-state index contributed by atoms with van der Waals surface area (Å²) in [5.74, 6) is 0.899. The molecule has 0 atom stereocenters. The van der Waals surface area contributed by atoms with Gasteiger partial charge in [0, 0.05) is 28.0 Å². The van der Waals surface area contributed by atoms with Crippen LogP contribution in [-0.4, -0.2) is 12.1 Å². The van der Waals surface area contributed by atoms with Crippen LogP contribution in [0.1, 0.15) is 11.3 Å². The van der Waals surface area contributed by atoms with Gasteiger partial charge in [-0.1, -0.05) is 29.8 Å². The molecule has 96 valence electrons. The van der Waals surface area contributed by atoms with Gasteiger partial charge in [0.25, 0.3) is 0 Å². The highest BCUT2D eigenvalue weighted by Crippen LogP contribution is 2.27. The molecule has 0 saturated heterocycles. The van der Waals surface area contributed by atoms with Crippen LogP contribution in [0.3, 0.4) is 0 Å². The Bertz CT molecular complexity index is 700. The normalized spacial score (nSPS) is 10.8. The SMILES string of the molecule is COc1cccc2[nH]c(Cc3ccc(Cl)cc3)cc12. The van der Waals surface area contributed by atoms with Gasteiger partial charge in [-0.3, -0.25) is 0 Å². The molecule has 0 fully saturated rings. The fraction of sp³-hybridized carbons (Fsp3) is 0.125. The molecule has 2 aromatic carbocycles. The minimum absolute atomic E-state index is 0.766. The number of methoxy groups -OCH3 is 1. The summed E-state index contributed by atoms with van der Waals surface area (Å²) in [6.45, 7) is 0. The summed E-state index contributed by atoms with van der Waals surface area (Å²) in [4.78, 5) is 3.42. The van der Waals surface area contributed by atoms with E-state index < -0.39 is 0 Å². The Balaban J connectivity index is 1.95. The lowest BCUT2D eigenvalue weighted by Crippen LogP contribution is -1.87. The number of ether oxygens (including phenoxy) is 1. The summed E-state index contributed by atoms with van der Waals surface area (Å²) in [5, 5.41) is 1.89. The Morgan fingerprint density at radius 1 is 1.11 bits per heavy atom. The van der Waals surface area contributed by atoms with E-state index in [9.17, 15) is 0 Å². The van der Waals surface area contributed by atoms with E-state index in [1.54, 1.807) is 7.11 Å². The number of fused-ring (bicyclic) bond motifs is 1. The van der Waals surface area contributed by atoms with Crippen LogP contribution in [0.4, 0.5) is 0 Å². The van der Waals surface area contributed by atoms with Gasteiger partial charge in [0.15, 0.2) is 0 Å². The van der Waals surface area contributed by atoms with Gasteiger partial charge in [-0.05, 0) is 35.9 Å². The van der Waals surface area contributed by atoms with Crippen molar-refractivity contribution in [1.29, 1.82) is 0 Å². The van der Waals surface area contributed by atoms with Crippen LogP contribution in [0.5, 0.6) is 5.75 Å². The number of benzene rings is 2. The van der Waals surface area contributed by atoms with Crippen molar-refractivity contribution in [2.45, 2.75) is 6.42 Å². The fourth-order valence-corrected chi connectivity index (χ4v) is 2.41. The number of hydrogen-bond donors (Lipinski definition) is 1. The van der Waals surface area contributed by atoms with Crippen molar-refractivity contribution in [3.8, 4) is 5.75 Å². The van der Waals surface area contributed by atoms with Crippen LogP contribution in [0, 0.1) is 0 Å². The van der Waals surface area contributed by atoms with Gasteiger partial charge >= 0.3 is 0 Å². The van der Waals surface area contributed by atoms with Gasteiger partial charge < -0.3 is 9.72 Å². The summed E-state index contributed by atoms with van der Waals surface area (Å²) in [7, 11) is 1.70. The van der Waals surface area contributed by atoms with E-state index in [1.165, 1.54) is 11.3 Å². The van der Waals surface area contributed by atoms with E-state index in [0.29, 0.717) is 0 Å². The molecule has 0 aliphatic rings. The highest BCUT2D eigenvalue weighted by Gasteiger charge is 2.06. The molecule has 3 aromatic rings. The average Bonchev–Trinajstić information content (AvgIpc) is 2.83. The van der Waals surface area contributed by atoms with Crippen LogP contribution in [0.2, 0.25) is 5.02 Å². The molecule has 0 unspecified atom stereocenters. The second kappa shape index (κ2) is 4.98. The first-order valence-corrected chi connectivity index (χ1v) is 6.53. The molecule has 3 rings (SSSR count). The molecule has 1 N–H and O–H groups in total. The lowest BCUT2D eigenvalue weighted by Gasteiger charge is -1.99. The Morgan fingerprint density at radius 3 is 2.63 bits per heavy atom. The van der Waals surface area contributed by atoms with E-state index in [2.05, 4.69) is 17.1 Å². The molecule has 3 heteroatoms. The molecule has 0 amide bonds. The number of aromatic nitrogens is 1.